The van der Waals surface area contributed by atoms with E-state index in [9.17, 15) is 0 Å². The first-order valence-electron chi connectivity index (χ1n) is 17.2. The summed E-state index contributed by atoms with van der Waals surface area (Å²) >= 11 is 0. The van der Waals surface area contributed by atoms with Crippen LogP contribution in [0.3, 0.4) is 0 Å². The van der Waals surface area contributed by atoms with Crippen molar-refractivity contribution < 1.29 is 8.83 Å². The van der Waals surface area contributed by atoms with Gasteiger partial charge < -0.3 is 13.7 Å². The molecule has 1 aliphatic carbocycles. The minimum atomic E-state index is 0.134. The van der Waals surface area contributed by atoms with Crippen LogP contribution in [0.2, 0.25) is 0 Å². The number of hydrogen-bond donors (Lipinski definition) is 0. The maximum atomic E-state index is 6.63. The molecule has 0 amide bonds. The van der Waals surface area contributed by atoms with Gasteiger partial charge in [0.05, 0.1) is 6.04 Å². The minimum absolute atomic E-state index is 0.134. The number of fused-ring (bicyclic) bond motifs is 10. The second-order valence-corrected chi connectivity index (χ2v) is 13.2. The summed E-state index contributed by atoms with van der Waals surface area (Å²) in [6.07, 6.45) is 4.42. The first-order chi connectivity index (χ1) is 25.3. The van der Waals surface area contributed by atoms with Gasteiger partial charge in [-0.25, -0.2) is 15.0 Å². The average molecular weight is 657 g/mol. The van der Waals surface area contributed by atoms with E-state index < -0.39 is 0 Å². The van der Waals surface area contributed by atoms with Crippen LogP contribution in [0.1, 0.15) is 22.8 Å². The number of anilines is 2. The smallest absolute Gasteiger partial charge is 0.164 e. The highest BCUT2D eigenvalue weighted by atomic mass is 16.3. The van der Waals surface area contributed by atoms with Crippen molar-refractivity contribution in [1.29, 1.82) is 0 Å². The summed E-state index contributed by atoms with van der Waals surface area (Å²) in [6, 6.07) is 50.2. The van der Waals surface area contributed by atoms with E-state index in [2.05, 4.69) is 108 Å². The fraction of sp³-hybridized carbons (Fsp3) is 0.0444. The number of nitrogens with zero attached hydrogens (tertiary/aromatic N) is 4. The van der Waals surface area contributed by atoms with Gasteiger partial charge in [0, 0.05) is 55.7 Å². The lowest BCUT2D eigenvalue weighted by Crippen LogP contribution is -2.30. The molecule has 1 aliphatic heterocycles. The Morgan fingerprint density at radius 2 is 1.10 bits per heavy atom. The Balaban J connectivity index is 1.04. The third kappa shape index (κ3) is 4.33. The standard InChI is InChI=1S/C45H28N4O2/c1-3-11-27(12-4-1)43-46-44(28-19-21-32-31-15-8-10-18-37(31)50-39(32)25-28)48-45(47-43)29-20-22-34-40(26-29)51-38-24-23-36-41(42(34)38)33-16-7-9-17-35(33)49(36)30-13-5-2-6-14-30/h1-26,36,41H. The number of hydrogen-bond acceptors (Lipinski definition) is 6. The molecule has 0 N–H and O–H groups in total. The van der Waals surface area contributed by atoms with Gasteiger partial charge >= 0.3 is 0 Å². The van der Waals surface area contributed by atoms with Crippen molar-refractivity contribution in [1.82, 2.24) is 15.0 Å². The molecule has 2 atom stereocenters. The number of benzene rings is 6. The van der Waals surface area contributed by atoms with Crippen molar-refractivity contribution in [3.05, 3.63) is 169 Å². The first kappa shape index (κ1) is 28.1. The molecule has 0 spiro atoms. The second-order valence-electron chi connectivity index (χ2n) is 13.2. The fourth-order valence-electron chi connectivity index (χ4n) is 8.01. The van der Waals surface area contributed by atoms with Gasteiger partial charge in [0.25, 0.3) is 0 Å². The molecule has 51 heavy (non-hydrogen) atoms. The van der Waals surface area contributed by atoms with E-state index in [-0.39, 0.29) is 12.0 Å². The van der Waals surface area contributed by atoms with E-state index in [1.165, 1.54) is 22.5 Å². The lowest BCUT2D eigenvalue weighted by Gasteiger charge is -2.30. The Bertz CT molecular complexity index is 2840. The summed E-state index contributed by atoms with van der Waals surface area (Å²) in [6.45, 7) is 0. The third-order valence-corrected chi connectivity index (χ3v) is 10.3. The molecule has 2 aliphatic rings. The summed E-state index contributed by atoms with van der Waals surface area (Å²) in [5, 5.41) is 3.25. The van der Waals surface area contributed by atoms with Crippen LogP contribution in [0.15, 0.2) is 161 Å². The molecular formula is C45H28N4O2. The molecule has 6 heteroatoms. The van der Waals surface area contributed by atoms with Gasteiger partial charge in [-0.1, -0.05) is 109 Å². The highest BCUT2D eigenvalue weighted by molar-refractivity contribution is 6.05. The van der Waals surface area contributed by atoms with Crippen molar-refractivity contribution >= 4 is 50.4 Å². The predicted octanol–water partition coefficient (Wildman–Crippen LogP) is 11.2. The summed E-state index contributed by atoms with van der Waals surface area (Å²) in [7, 11) is 0. The van der Waals surface area contributed by atoms with Gasteiger partial charge in [0.2, 0.25) is 0 Å². The molecule has 9 aromatic rings. The molecule has 0 radical (unpaired) electrons. The van der Waals surface area contributed by atoms with Gasteiger partial charge in [0.15, 0.2) is 17.5 Å². The summed E-state index contributed by atoms with van der Waals surface area (Å²) in [4.78, 5) is 17.5. The molecule has 4 heterocycles. The van der Waals surface area contributed by atoms with Crippen LogP contribution in [0.4, 0.5) is 11.4 Å². The molecule has 3 aromatic heterocycles. The second kappa shape index (κ2) is 10.9. The number of rotatable bonds is 4. The third-order valence-electron chi connectivity index (χ3n) is 10.3. The fourth-order valence-corrected chi connectivity index (χ4v) is 8.01. The molecular weight excluding hydrogens is 629 g/mol. The monoisotopic (exact) mass is 656 g/mol. The molecule has 6 aromatic carbocycles. The van der Waals surface area contributed by atoms with E-state index in [4.69, 9.17) is 23.8 Å². The van der Waals surface area contributed by atoms with E-state index >= 15 is 0 Å². The number of para-hydroxylation sites is 3. The topological polar surface area (TPSA) is 68.2 Å². The zero-order valence-corrected chi connectivity index (χ0v) is 27.3. The zero-order chi connectivity index (χ0) is 33.5. The van der Waals surface area contributed by atoms with Crippen LogP contribution >= 0.6 is 0 Å². The Labute approximate surface area is 293 Å². The van der Waals surface area contributed by atoms with Gasteiger partial charge in [-0.15, -0.1) is 0 Å². The maximum absolute atomic E-state index is 6.63. The zero-order valence-electron chi connectivity index (χ0n) is 27.3. The summed E-state index contributed by atoms with van der Waals surface area (Å²) < 4.78 is 12.9. The van der Waals surface area contributed by atoms with Gasteiger partial charge in [-0.2, -0.15) is 0 Å². The maximum Gasteiger partial charge on any atom is 0.164 e. The van der Waals surface area contributed by atoms with Crippen molar-refractivity contribution in [2.24, 2.45) is 0 Å². The Kier molecular flexibility index (Phi) is 5.98. The van der Waals surface area contributed by atoms with Crippen molar-refractivity contribution in [2.45, 2.75) is 12.0 Å². The highest BCUT2D eigenvalue weighted by Crippen LogP contribution is 2.53. The minimum Gasteiger partial charge on any atom is -0.456 e. The van der Waals surface area contributed by atoms with Gasteiger partial charge in [-0.05, 0) is 54.1 Å². The van der Waals surface area contributed by atoms with E-state index in [0.717, 1.165) is 55.4 Å². The van der Waals surface area contributed by atoms with Gasteiger partial charge in [-0.3, -0.25) is 0 Å². The molecule has 0 saturated heterocycles. The molecule has 0 saturated carbocycles. The van der Waals surface area contributed by atoms with Crippen molar-refractivity contribution in [2.75, 3.05) is 4.90 Å². The molecule has 6 nitrogen and oxygen atoms in total. The van der Waals surface area contributed by atoms with Crippen molar-refractivity contribution in [3.8, 4) is 34.2 Å². The van der Waals surface area contributed by atoms with E-state index in [1.54, 1.807) is 0 Å². The summed E-state index contributed by atoms with van der Waals surface area (Å²) in [5.41, 5.74) is 10.0. The van der Waals surface area contributed by atoms with Crippen LogP contribution < -0.4 is 4.90 Å². The lowest BCUT2D eigenvalue weighted by atomic mass is 9.82. The highest BCUT2D eigenvalue weighted by Gasteiger charge is 2.43. The average Bonchev–Trinajstić information content (AvgIpc) is 3.87. The van der Waals surface area contributed by atoms with E-state index in [0.29, 0.717) is 17.5 Å². The lowest BCUT2D eigenvalue weighted by molar-refractivity contribution is 0.584. The Hall–Kier alpha value is -6.79. The molecule has 0 fully saturated rings. The molecule has 2 unspecified atom stereocenters. The van der Waals surface area contributed by atoms with Crippen LogP contribution in [-0.4, -0.2) is 21.0 Å². The first-order valence-corrected chi connectivity index (χ1v) is 17.2. The predicted molar refractivity (Wildman–Crippen MR) is 203 cm³/mol. The summed E-state index contributed by atoms with van der Waals surface area (Å²) in [5.74, 6) is 2.79. The normalized spacial score (nSPS) is 16.1. The van der Waals surface area contributed by atoms with Crippen LogP contribution in [0.5, 0.6) is 0 Å². The van der Waals surface area contributed by atoms with Crippen LogP contribution in [0.25, 0.3) is 73.1 Å². The Morgan fingerprint density at radius 3 is 1.88 bits per heavy atom. The Morgan fingerprint density at radius 1 is 0.490 bits per heavy atom. The molecule has 0 bridgehead atoms. The van der Waals surface area contributed by atoms with Crippen LogP contribution in [0, 0.1) is 0 Å². The van der Waals surface area contributed by atoms with Gasteiger partial charge in [0.1, 0.15) is 22.5 Å². The molecule has 11 rings (SSSR count). The SMILES string of the molecule is C1=CC2C(c3ccccc3N2c2ccccc2)c2c1oc1cc(-c3nc(-c4ccccc4)nc(-c4ccc5c(c4)oc4ccccc45)n3)ccc21. The quantitative estimate of drug-likeness (QED) is 0.188. The molecule has 240 valence electrons. The van der Waals surface area contributed by atoms with Crippen LogP contribution in [-0.2, 0) is 0 Å². The largest absolute Gasteiger partial charge is 0.456 e. The van der Waals surface area contributed by atoms with Crippen molar-refractivity contribution in [3.63, 3.8) is 0 Å². The number of aromatic nitrogens is 3. The van der Waals surface area contributed by atoms with E-state index in [1.807, 2.05) is 54.6 Å². The number of furan rings is 2.